The summed E-state index contributed by atoms with van der Waals surface area (Å²) < 4.78 is 5.55. The third-order valence-corrected chi connectivity index (χ3v) is 5.20. The van der Waals surface area contributed by atoms with Crippen LogP contribution in [0.3, 0.4) is 0 Å². The van der Waals surface area contributed by atoms with Crippen molar-refractivity contribution in [1.82, 2.24) is 10.2 Å². The standard InChI is InChI=1S/C21H22Cl2N2O3/c22-15-6-7-18(19(23)14-15)21(27)25-11-8-16(9-12-25)24-20(26)10-13-28-17-4-2-1-3-5-17/h1-7,14,16H,8-13H2,(H,24,26). The predicted octanol–water partition coefficient (Wildman–Crippen LogP) is 4.18. The Morgan fingerprint density at radius 3 is 2.46 bits per heavy atom. The van der Waals surface area contributed by atoms with Crippen LogP contribution >= 0.6 is 23.2 Å². The number of likely N-dealkylation sites (tertiary alicyclic amines) is 1. The lowest BCUT2D eigenvalue weighted by Gasteiger charge is -2.32. The molecule has 5 nitrogen and oxygen atoms in total. The molecule has 7 heteroatoms. The van der Waals surface area contributed by atoms with Gasteiger partial charge in [0.1, 0.15) is 5.75 Å². The highest BCUT2D eigenvalue weighted by Crippen LogP contribution is 2.23. The van der Waals surface area contributed by atoms with Crippen molar-refractivity contribution < 1.29 is 14.3 Å². The second kappa shape index (κ2) is 9.80. The molecule has 3 rings (SSSR count). The molecule has 2 aromatic carbocycles. The van der Waals surface area contributed by atoms with E-state index in [0.29, 0.717) is 54.6 Å². The second-order valence-corrected chi connectivity index (χ2v) is 7.51. The summed E-state index contributed by atoms with van der Waals surface area (Å²) in [5.41, 5.74) is 0.451. The van der Waals surface area contributed by atoms with Crippen molar-refractivity contribution in [3.63, 3.8) is 0 Å². The van der Waals surface area contributed by atoms with Gasteiger partial charge in [0.2, 0.25) is 5.91 Å². The molecule has 0 atom stereocenters. The molecular formula is C21H22Cl2N2O3. The number of benzene rings is 2. The first-order chi connectivity index (χ1) is 13.5. The summed E-state index contributed by atoms with van der Waals surface area (Å²) in [6.07, 6.45) is 1.72. The molecule has 28 heavy (non-hydrogen) atoms. The maximum Gasteiger partial charge on any atom is 0.255 e. The van der Waals surface area contributed by atoms with Gasteiger partial charge in [-0.15, -0.1) is 0 Å². The van der Waals surface area contributed by atoms with Gasteiger partial charge in [0.15, 0.2) is 0 Å². The maximum atomic E-state index is 12.6. The van der Waals surface area contributed by atoms with E-state index in [2.05, 4.69) is 5.32 Å². The van der Waals surface area contributed by atoms with E-state index in [-0.39, 0.29) is 17.9 Å². The van der Waals surface area contributed by atoms with Crippen LogP contribution in [-0.2, 0) is 4.79 Å². The Balaban J connectivity index is 1.41. The van der Waals surface area contributed by atoms with Crippen LogP contribution in [0.15, 0.2) is 48.5 Å². The molecule has 1 fully saturated rings. The molecule has 0 radical (unpaired) electrons. The number of para-hydroxylation sites is 1. The second-order valence-electron chi connectivity index (χ2n) is 6.67. The number of nitrogens with one attached hydrogen (secondary N) is 1. The van der Waals surface area contributed by atoms with E-state index in [1.54, 1.807) is 23.1 Å². The van der Waals surface area contributed by atoms with Crippen molar-refractivity contribution >= 4 is 35.0 Å². The molecule has 0 spiro atoms. The van der Waals surface area contributed by atoms with Crippen LogP contribution in [0.2, 0.25) is 10.0 Å². The Kier molecular flexibility index (Phi) is 7.18. The number of hydrogen-bond acceptors (Lipinski definition) is 3. The van der Waals surface area contributed by atoms with Crippen LogP contribution in [0.5, 0.6) is 5.75 Å². The number of rotatable bonds is 6. The van der Waals surface area contributed by atoms with Gasteiger partial charge in [-0.3, -0.25) is 9.59 Å². The van der Waals surface area contributed by atoms with Crippen molar-refractivity contribution in [2.24, 2.45) is 0 Å². The molecule has 0 unspecified atom stereocenters. The van der Waals surface area contributed by atoms with Gasteiger partial charge in [-0.05, 0) is 43.2 Å². The topological polar surface area (TPSA) is 58.6 Å². The SMILES string of the molecule is O=C(CCOc1ccccc1)NC1CCN(C(=O)c2ccc(Cl)cc2Cl)CC1. The molecule has 148 valence electrons. The Bertz CT molecular complexity index is 822. The van der Waals surface area contributed by atoms with Crippen molar-refractivity contribution in [1.29, 1.82) is 0 Å². The first-order valence-electron chi connectivity index (χ1n) is 9.24. The lowest BCUT2D eigenvalue weighted by atomic mass is 10.0. The zero-order valence-electron chi connectivity index (χ0n) is 15.4. The number of carbonyl (C=O) groups excluding carboxylic acids is 2. The number of hydrogen-bond donors (Lipinski definition) is 1. The molecule has 2 aromatic rings. The minimum Gasteiger partial charge on any atom is -0.493 e. The summed E-state index contributed by atoms with van der Waals surface area (Å²) in [4.78, 5) is 26.5. The Hall–Kier alpha value is -2.24. The van der Waals surface area contributed by atoms with Gasteiger partial charge >= 0.3 is 0 Å². The largest absolute Gasteiger partial charge is 0.493 e. The van der Waals surface area contributed by atoms with Crippen molar-refractivity contribution in [3.8, 4) is 5.75 Å². The Morgan fingerprint density at radius 2 is 1.79 bits per heavy atom. The molecule has 0 bridgehead atoms. The molecule has 0 aromatic heterocycles. The zero-order chi connectivity index (χ0) is 19.9. The summed E-state index contributed by atoms with van der Waals surface area (Å²) in [7, 11) is 0. The highest BCUT2D eigenvalue weighted by molar-refractivity contribution is 6.36. The molecule has 1 heterocycles. The minimum absolute atomic E-state index is 0.0403. The molecule has 1 aliphatic rings. The zero-order valence-corrected chi connectivity index (χ0v) is 16.9. The monoisotopic (exact) mass is 420 g/mol. The number of carbonyl (C=O) groups is 2. The van der Waals surface area contributed by atoms with Crippen LogP contribution in [-0.4, -0.2) is 42.5 Å². The molecule has 1 N–H and O–H groups in total. The van der Waals surface area contributed by atoms with E-state index >= 15 is 0 Å². The molecule has 2 amide bonds. The van der Waals surface area contributed by atoms with Crippen LogP contribution in [0.1, 0.15) is 29.6 Å². The average Bonchev–Trinajstić information content (AvgIpc) is 2.69. The third kappa shape index (κ3) is 5.63. The number of amides is 2. The Labute approximate surface area is 174 Å². The van der Waals surface area contributed by atoms with Crippen LogP contribution in [0.25, 0.3) is 0 Å². The fourth-order valence-electron chi connectivity index (χ4n) is 3.14. The minimum atomic E-state index is -0.109. The quantitative estimate of drug-likeness (QED) is 0.761. The highest BCUT2D eigenvalue weighted by atomic mass is 35.5. The van der Waals surface area contributed by atoms with Gasteiger partial charge in [-0.2, -0.15) is 0 Å². The van der Waals surface area contributed by atoms with Crippen LogP contribution < -0.4 is 10.1 Å². The van der Waals surface area contributed by atoms with E-state index in [1.165, 1.54) is 0 Å². The average molecular weight is 421 g/mol. The lowest BCUT2D eigenvalue weighted by molar-refractivity contribution is -0.122. The van der Waals surface area contributed by atoms with Gasteiger partial charge < -0.3 is 15.0 Å². The van der Waals surface area contributed by atoms with Crippen LogP contribution in [0.4, 0.5) is 0 Å². The third-order valence-electron chi connectivity index (χ3n) is 4.65. The predicted molar refractivity (Wildman–Crippen MR) is 110 cm³/mol. The van der Waals surface area contributed by atoms with Gasteiger partial charge in [0.25, 0.3) is 5.91 Å². The Morgan fingerprint density at radius 1 is 1.07 bits per heavy atom. The smallest absolute Gasteiger partial charge is 0.255 e. The molecule has 1 saturated heterocycles. The van der Waals surface area contributed by atoms with Gasteiger partial charge in [-0.1, -0.05) is 41.4 Å². The van der Waals surface area contributed by atoms with Crippen molar-refractivity contribution in [2.45, 2.75) is 25.3 Å². The van der Waals surface area contributed by atoms with Crippen molar-refractivity contribution in [3.05, 3.63) is 64.1 Å². The van der Waals surface area contributed by atoms with E-state index in [4.69, 9.17) is 27.9 Å². The number of halogens is 2. The summed E-state index contributed by atoms with van der Waals surface area (Å²) in [5.74, 6) is 0.604. The van der Waals surface area contributed by atoms with Gasteiger partial charge in [-0.25, -0.2) is 0 Å². The fraction of sp³-hybridized carbons (Fsp3) is 0.333. The molecule has 0 saturated carbocycles. The summed E-state index contributed by atoms with van der Waals surface area (Å²) in [6.45, 7) is 1.48. The number of ether oxygens (including phenoxy) is 1. The van der Waals surface area contributed by atoms with Crippen LogP contribution in [0, 0.1) is 0 Å². The van der Waals surface area contributed by atoms with Gasteiger partial charge in [0.05, 0.1) is 23.6 Å². The highest BCUT2D eigenvalue weighted by Gasteiger charge is 2.25. The molecule has 0 aliphatic carbocycles. The summed E-state index contributed by atoms with van der Waals surface area (Å²) in [5, 5.41) is 3.88. The summed E-state index contributed by atoms with van der Waals surface area (Å²) in [6, 6.07) is 14.4. The van der Waals surface area contributed by atoms with Crippen molar-refractivity contribution in [2.75, 3.05) is 19.7 Å². The lowest BCUT2D eigenvalue weighted by Crippen LogP contribution is -2.46. The molecular weight excluding hydrogens is 399 g/mol. The van der Waals surface area contributed by atoms with E-state index in [9.17, 15) is 9.59 Å². The van der Waals surface area contributed by atoms with E-state index < -0.39 is 0 Å². The maximum absolute atomic E-state index is 12.6. The summed E-state index contributed by atoms with van der Waals surface area (Å²) >= 11 is 12.0. The number of piperidine rings is 1. The normalized spacial score (nSPS) is 14.6. The van der Waals surface area contributed by atoms with E-state index in [1.807, 2.05) is 30.3 Å². The first kappa shape index (κ1) is 20.5. The molecule has 1 aliphatic heterocycles. The number of nitrogens with zero attached hydrogens (tertiary/aromatic N) is 1. The first-order valence-corrected chi connectivity index (χ1v) is 10.00. The van der Waals surface area contributed by atoms with E-state index in [0.717, 1.165) is 5.75 Å². The fourth-order valence-corrected chi connectivity index (χ4v) is 3.63. The van der Waals surface area contributed by atoms with Gasteiger partial charge in [0, 0.05) is 24.2 Å².